The van der Waals surface area contributed by atoms with Crippen LogP contribution in [0.1, 0.15) is 35.1 Å². The first-order valence-corrected chi connectivity index (χ1v) is 8.22. The first kappa shape index (κ1) is 16.5. The zero-order valence-corrected chi connectivity index (χ0v) is 14.0. The molecule has 0 spiro atoms. The molecule has 1 aliphatic rings. The Morgan fingerprint density at radius 3 is 2.80 bits per heavy atom. The standard InChI is InChI=1S/C20H18N4O/c1-2-24-13-17-7-6-16(10-19(17)23-20(24)25)18(12-22)9-14-4-3-5-15(8-14)11-21/h3-8,10,18H,2,9,13H2,1H3,(H,23,25)/t18-/m1/s1. The van der Waals surface area contributed by atoms with E-state index < -0.39 is 0 Å². The molecule has 1 aliphatic heterocycles. The van der Waals surface area contributed by atoms with Gasteiger partial charge >= 0.3 is 6.03 Å². The Bertz CT molecular complexity index is 891. The molecule has 2 aromatic rings. The molecule has 0 aliphatic carbocycles. The summed E-state index contributed by atoms with van der Waals surface area (Å²) < 4.78 is 0. The summed E-state index contributed by atoms with van der Waals surface area (Å²) >= 11 is 0. The second-order valence-corrected chi connectivity index (χ2v) is 6.06. The van der Waals surface area contributed by atoms with Crippen LogP contribution in [0.15, 0.2) is 42.5 Å². The number of nitrogens with one attached hydrogen (secondary N) is 1. The van der Waals surface area contributed by atoms with E-state index in [9.17, 15) is 10.1 Å². The third-order valence-corrected chi connectivity index (χ3v) is 4.46. The van der Waals surface area contributed by atoms with Crippen molar-refractivity contribution in [2.45, 2.75) is 25.8 Å². The fourth-order valence-corrected chi connectivity index (χ4v) is 3.03. The van der Waals surface area contributed by atoms with Crippen LogP contribution in [0.4, 0.5) is 10.5 Å². The van der Waals surface area contributed by atoms with Gasteiger partial charge in [-0.2, -0.15) is 10.5 Å². The first-order chi connectivity index (χ1) is 12.1. The fourth-order valence-electron chi connectivity index (χ4n) is 3.03. The number of carbonyl (C=O) groups is 1. The monoisotopic (exact) mass is 330 g/mol. The van der Waals surface area contributed by atoms with Crippen molar-refractivity contribution < 1.29 is 4.79 Å². The van der Waals surface area contributed by atoms with E-state index in [-0.39, 0.29) is 11.9 Å². The summed E-state index contributed by atoms with van der Waals surface area (Å²) in [6.07, 6.45) is 0.528. The highest BCUT2D eigenvalue weighted by Gasteiger charge is 2.22. The molecule has 25 heavy (non-hydrogen) atoms. The summed E-state index contributed by atoms with van der Waals surface area (Å²) in [6, 6.07) is 17.5. The van der Waals surface area contributed by atoms with Crippen LogP contribution in [0, 0.1) is 22.7 Å². The van der Waals surface area contributed by atoms with Gasteiger partial charge in [-0.15, -0.1) is 0 Å². The van der Waals surface area contributed by atoms with Gasteiger partial charge in [0.1, 0.15) is 0 Å². The summed E-state index contributed by atoms with van der Waals surface area (Å²) in [5.41, 5.74) is 4.23. The quantitative estimate of drug-likeness (QED) is 0.926. The molecule has 0 bridgehead atoms. The molecule has 2 amide bonds. The van der Waals surface area contributed by atoms with E-state index in [1.807, 2.05) is 43.3 Å². The lowest BCUT2D eigenvalue weighted by molar-refractivity contribution is 0.210. The molecule has 5 nitrogen and oxygen atoms in total. The average Bonchev–Trinajstić information content (AvgIpc) is 2.65. The summed E-state index contributed by atoms with van der Waals surface area (Å²) in [4.78, 5) is 13.8. The molecular formula is C20H18N4O. The Kier molecular flexibility index (Phi) is 4.68. The van der Waals surface area contributed by atoms with Gasteiger partial charge in [-0.05, 0) is 48.2 Å². The molecule has 1 heterocycles. The number of fused-ring (bicyclic) bond motifs is 1. The van der Waals surface area contributed by atoms with Crippen molar-refractivity contribution >= 4 is 11.7 Å². The Morgan fingerprint density at radius 1 is 1.24 bits per heavy atom. The summed E-state index contributed by atoms with van der Waals surface area (Å²) in [6.45, 7) is 3.18. The van der Waals surface area contributed by atoms with Gasteiger partial charge in [-0.1, -0.05) is 24.3 Å². The number of amides is 2. The first-order valence-electron chi connectivity index (χ1n) is 8.22. The number of nitrogens with zero attached hydrogens (tertiary/aromatic N) is 3. The van der Waals surface area contributed by atoms with Crippen LogP contribution in [0.3, 0.4) is 0 Å². The van der Waals surface area contributed by atoms with Crippen LogP contribution in [0.25, 0.3) is 0 Å². The lowest BCUT2D eigenvalue weighted by atomic mass is 9.91. The largest absolute Gasteiger partial charge is 0.322 e. The maximum atomic E-state index is 12.0. The molecule has 0 unspecified atom stereocenters. The van der Waals surface area contributed by atoms with Crippen molar-refractivity contribution in [3.8, 4) is 12.1 Å². The van der Waals surface area contributed by atoms with E-state index in [2.05, 4.69) is 17.5 Å². The Balaban J connectivity index is 1.85. The fraction of sp³-hybridized carbons (Fsp3) is 0.250. The number of hydrogen-bond donors (Lipinski definition) is 1. The minimum Gasteiger partial charge on any atom is -0.320 e. The summed E-state index contributed by atoms with van der Waals surface area (Å²) in [5, 5.41) is 21.5. The topological polar surface area (TPSA) is 79.9 Å². The number of urea groups is 1. The molecule has 0 fully saturated rings. The molecule has 0 saturated heterocycles. The number of anilines is 1. The van der Waals surface area contributed by atoms with Gasteiger partial charge in [0.2, 0.25) is 0 Å². The van der Waals surface area contributed by atoms with Crippen molar-refractivity contribution in [3.05, 3.63) is 64.7 Å². The van der Waals surface area contributed by atoms with Crippen LogP contribution in [-0.2, 0) is 13.0 Å². The van der Waals surface area contributed by atoms with E-state index in [0.717, 1.165) is 22.4 Å². The second-order valence-electron chi connectivity index (χ2n) is 6.06. The molecule has 5 heteroatoms. The number of benzene rings is 2. The van der Waals surface area contributed by atoms with Crippen LogP contribution >= 0.6 is 0 Å². The average molecular weight is 330 g/mol. The molecule has 124 valence electrons. The Hall–Kier alpha value is -3.31. The highest BCUT2D eigenvalue weighted by Crippen LogP contribution is 2.29. The summed E-state index contributed by atoms with van der Waals surface area (Å²) in [5.74, 6) is -0.333. The van der Waals surface area contributed by atoms with Crippen LogP contribution in [0.2, 0.25) is 0 Å². The molecular weight excluding hydrogens is 312 g/mol. The number of hydrogen-bond acceptors (Lipinski definition) is 3. The SMILES string of the molecule is CCN1Cc2ccc([C@@H](C#N)Cc3cccc(C#N)c3)cc2NC1=O. The molecule has 0 saturated carbocycles. The molecule has 0 radical (unpaired) electrons. The van der Waals surface area contributed by atoms with Crippen molar-refractivity contribution in [2.75, 3.05) is 11.9 Å². The molecule has 1 N–H and O–H groups in total. The number of rotatable bonds is 4. The lowest BCUT2D eigenvalue weighted by Crippen LogP contribution is -2.38. The van der Waals surface area contributed by atoms with E-state index in [1.54, 1.807) is 11.0 Å². The minimum atomic E-state index is -0.333. The van der Waals surface area contributed by atoms with Crippen molar-refractivity contribution in [3.63, 3.8) is 0 Å². The van der Waals surface area contributed by atoms with Crippen LogP contribution < -0.4 is 5.32 Å². The third kappa shape index (κ3) is 3.46. The second kappa shape index (κ2) is 7.07. The van der Waals surface area contributed by atoms with E-state index >= 15 is 0 Å². The van der Waals surface area contributed by atoms with Gasteiger partial charge in [-0.25, -0.2) is 4.79 Å². The number of carbonyl (C=O) groups excluding carboxylic acids is 1. The maximum absolute atomic E-state index is 12.0. The van der Waals surface area contributed by atoms with Crippen molar-refractivity contribution in [2.24, 2.45) is 0 Å². The Labute approximate surface area is 147 Å². The molecule has 2 aromatic carbocycles. The van der Waals surface area contributed by atoms with Gasteiger partial charge in [0.15, 0.2) is 0 Å². The normalized spacial score (nSPS) is 14.0. The van der Waals surface area contributed by atoms with Gasteiger partial charge in [0.25, 0.3) is 0 Å². The van der Waals surface area contributed by atoms with Crippen molar-refractivity contribution in [1.29, 1.82) is 10.5 Å². The van der Waals surface area contributed by atoms with E-state index in [4.69, 9.17) is 5.26 Å². The van der Waals surface area contributed by atoms with Crippen LogP contribution in [-0.4, -0.2) is 17.5 Å². The lowest BCUT2D eigenvalue weighted by Gasteiger charge is -2.29. The third-order valence-electron chi connectivity index (χ3n) is 4.46. The Morgan fingerprint density at radius 2 is 2.08 bits per heavy atom. The minimum absolute atomic E-state index is 0.109. The van der Waals surface area contributed by atoms with E-state index in [0.29, 0.717) is 25.1 Å². The van der Waals surface area contributed by atoms with Gasteiger partial charge in [0.05, 0.1) is 23.6 Å². The van der Waals surface area contributed by atoms with Gasteiger partial charge < -0.3 is 10.2 Å². The zero-order valence-electron chi connectivity index (χ0n) is 14.0. The number of nitriles is 2. The van der Waals surface area contributed by atoms with Gasteiger partial charge in [-0.3, -0.25) is 0 Å². The smallest absolute Gasteiger partial charge is 0.320 e. The summed E-state index contributed by atoms with van der Waals surface area (Å²) in [7, 11) is 0. The predicted octanol–water partition coefficient (Wildman–Crippen LogP) is 3.78. The molecule has 1 atom stereocenters. The van der Waals surface area contributed by atoms with Crippen LogP contribution in [0.5, 0.6) is 0 Å². The highest BCUT2D eigenvalue weighted by molar-refractivity contribution is 5.92. The highest BCUT2D eigenvalue weighted by atomic mass is 16.2. The maximum Gasteiger partial charge on any atom is 0.322 e. The zero-order chi connectivity index (χ0) is 17.8. The van der Waals surface area contributed by atoms with E-state index in [1.165, 1.54) is 0 Å². The van der Waals surface area contributed by atoms with Gasteiger partial charge in [0, 0.05) is 18.8 Å². The molecule has 0 aromatic heterocycles. The predicted molar refractivity (Wildman–Crippen MR) is 94.8 cm³/mol. The van der Waals surface area contributed by atoms with Crippen molar-refractivity contribution in [1.82, 2.24) is 4.90 Å². The molecule has 3 rings (SSSR count).